The molecule has 106 valence electrons. The number of methoxy groups -OCH3 is 1. The highest BCUT2D eigenvalue weighted by atomic mass is 35.5. The van der Waals surface area contributed by atoms with E-state index in [0.717, 1.165) is 13.0 Å². The molecule has 0 aliphatic carbocycles. The summed E-state index contributed by atoms with van der Waals surface area (Å²) in [5, 5.41) is 0.124. The van der Waals surface area contributed by atoms with E-state index in [1.54, 1.807) is 4.57 Å². The number of hydrogen-bond donors (Lipinski definition) is 0. The number of hydrogen-bond acceptors (Lipinski definition) is 4. The number of piperidine rings is 1. The van der Waals surface area contributed by atoms with Gasteiger partial charge >= 0.3 is 0 Å². The fourth-order valence-corrected chi connectivity index (χ4v) is 2.78. The standard InChI is InChI=1S/C13H20ClN3O2/c1-16-7-4-3-5-10(16)6-8-17-9-15-12(14)11(19-2)13(17)18/h9-10H,3-8H2,1-2H3. The molecule has 1 aliphatic heterocycles. The Kier molecular flexibility index (Phi) is 4.82. The normalized spacial score (nSPS) is 20.5. The minimum absolute atomic E-state index is 0.124. The highest BCUT2D eigenvalue weighted by Gasteiger charge is 2.19. The third-order valence-electron chi connectivity index (χ3n) is 3.78. The average Bonchev–Trinajstić information content (AvgIpc) is 2.40. The summed E-state index contributed by atoms with van der Waals surface area (Å²) in [5.41, 5.74) is -0.207. The molecule has 1 aliphatic rings. The second-order valence-corrected chi connectivity index (χ2v) is 5.34. The van der Waals surface area contributed by atoms with E-state index in [0.29, 0.717) is 12.6 Å². The average molecular weight is 286 g/mol. The Morgan fingerprint density at radius 2 is 2.32 bits per heavy atom. The zero-order valence-electron chi connectivity index (χ0n) is 11.4. The van der Waals surface area contributed by atoms with Gasteiger partial charge < -0.3 is 9.64 Å². The van der Waals surface area contributed by atoms with E-state index in [1.807, 2.05) is 0 Å². The first-order valence-corrected chi connectivity index (χ1v) is 7.00. The molecule has 1 unspecified atom stereocenters. The first-order chi connectivity index (χ1) is 9.13. The van der Waals surface area contributed by atoms with Crippen LogP contribution in [0.5, 0.6) is 5.75 Å². The lowest BCUT2D eigenvalue weighted by Crippen LogP contribution is -2.37. The first kappa shape index (κ1) is 14.3. The van der Waals surface area contributed by atoms with Crippen molar-refractivity contribution in [2.24, 2.45) is 0 Å². The van der Waals surface area contributed by atoms with Crippen molar-refractivity contribution in [3.63, 3.8) is 0 Å². The molecule has 0 bridgehead atoms. The summed E-state index contributed by atoms with van der Waals surface area (Å²) in [6.07, 6.45) is 6.18. The molecule has 1 aromatic heterocycles. The quantitative estimate of drug-likeness (QED) is 0.791. The Bertz CT molecular complexity index is 489. The molecule has 0 N–H and O–H groups in total. The molecule has 0 amide bonds. The summed E-state index contributed by atoms with van der Waals surface area (Å²) in [4.78, 5) is 18.4. The Balaban J connectivity index is 2.05. The number of nitrogens with zero attached hydrogens (tertiary/aromatic N) is 3. The zero-order valence-corrected chi connectivity index (χ0v) is 12.2. The van der Waals surface area contributed by atoms with Crippen molar-refractivity contribution in [1.29, 1.82) is 0 Å². The van der Waals surface area contributed by atoms with Gasteiger partial charge in [-0.25, -0.2) is 4.98 Å². The molecule has 1 saturated heterocycles. The Hall–Kier alpha value is -1.07. The van der Waals surface area contributed by atoms with Gasteiger partial charge in [0, 0.05) is 12.6 Å². The zero-order chi connectivity index (χ0) is 13.8. The number of halogens is 1. The van der Waals surface area contributed by atoms with Gasteiger partial charge in [-0.3, -0.25) is 9.36 Å². The van der Waals surface area contributed by atoms with Crippen LogP contribution in [0.4, 0.5) is 0 Å². The number of aryl methyl sites for hydroxylation is 1. The molecular weight excluding hydrogens is 266 g/mol. The van der Waals surface area contributed by atoms with Gasteiger partial charge in [-0.05, 0) is 32.9 Å². The predicted octanol–water partition coefficient (Wildman–Crippen LogP) is 1.78. The lowest BCUT2D eigenvalue weighted by atomic mass is 10.0. The van der Waals surface area contributed by atoms with Crippen molar-refractivity contribution < 1.29 is 4.74 Å². The van der Waals surface area contributed by atoms with E-state index in [-0.39, 0.29) is 16.5 Å². The third-order valence-corrected chi connectivity index (χ3v) is 4.05. The summed E-state index contributed by atoms with van der Waals surface area (Å²) in [7, 11) is 3.58. The number of aromatic nitrogens is 2. The molecule has 5 nitrogen and oxygen atoms in total. The summed E-state index contributed by atoms with van der Waals surface area (Å²) < 4.78 is 6.57. The summed E-state index contributed by atoms with van der Waals surface area (Å²) >= 11 is 5.82. The van der Waals surface area contributed by atoms with Crippen LogP contribution in [0.3, 0.4) is 0 Å². The van der Waals surface area contributed by atoms with Crippen molar-refractivity contribution in [3.05, 3.63) is 21.8 Å². The molecule has 0 spiro atoms. The van der Waals surface area contributed by atoms with E-state index in [4.69, 9.17) is 16.3 Å². The molecular formula is C13H20ClN3O2. The fourth-order valence-electron chi connectivity index (χ4n) is 2.58. The molecule has 2 rings (SSSR count). The fraction of sp³-hybridized carbons (Fsp3) is 0.692. The van der Waals surface area contributed by atoms with E-state index >= 15 is 0 Å². The van der Waals surface area contributed by atoms with Crippen molar-refractivity contribution >= 4 is 11.6 Å². The van der Waals surface area contributed by atoms with Crippen LogP contribution in [-0.4, -0.2) is 41.2 Å². The lowest BCUT2D eigenvalue weighted by molar-refractivity contribution is 0.170. The van der Waals surface area contributed by atoms with Gasteiger partial charge in [0.05, 0.1) is 13.4 Å². The lowest BCUT2D eigenvalue weighted by Gasteiger charge is -2.32. The number of likely N-dealkylation sites (tertiary alicyclic amines) is 1. The molecule has 0 radical (unpaired) electrons. The molecule has 6 heteroatoms. The van der Waals surface area contributed by atoms with E-state index in [2.05, 4.69) is 16.9 Å². The van der Waals surface area contributed by atoms with Gasteiger partial charge in [0.15, 0.2) is 5.15 Å². The van der Waals surface area contributed by atoms with E-state index in [1.165, 1.54) is 32.7 Å². The molecule has 1 atom stereocenters. The molecule has 2 heterocycles. The maximum absolute atomic E-state index is 12.1. The van der Waals surface area contributed by atoms with Crippen LogP contribution < -0.4 is 10.3 Å². The van der Waals surface area contributed by atoms with Crippen LogP contribution in [0.25, 0.3) is 0 Å². The Morgan fingerprint density at radius 1 is 1.53 bits per heavy atom. The van der Waals surface area contributed by atoms with Crippen LogP contribution in [-0.2, 0) is 6.54 Å². The molecule has 0 saturated carbocycles. The molecule has 0 aromatic carbocycles. The van der Waals surface area contributed by atoms with Crippen LogP contribution >= 0.6 is 11.6 Å². The smallest absolute Gasteiger partial charge is 0.297 e. The minimum atomic E-state index is -0.207. The summed E-state index contributed by atoms with van der Waals surface area (Å²) in [5.74, 6) is 0.126. The van der Waals surface area contributed by atoms with E-state index in [9.17, 15) is 4.79 Å². The Morgan fingerprint density at radius 3 is 3.00 bits per heavy atom. The largest absolute Gasteiger partial charge is 0.489 e. The van der Waals surface area contributed by atoms with Crippen molar-refractivity contribution in [3.8, 4) is 5.75 Å². The van der Waals surface area contributed by atoms with Gasteiger partial charge in [-0.2, -0.15) is 0 Å². The predicted molar refractivity (Wildman–Crippen MR) is 74.9 cm³/mol. The van der Waals surface area contributed by atoms with Gasteiger partial charge in [0.2, 0.25) is 5.75 Å². The molecule has 1 fully saturated rings. The van der Waals surface area contributed by atoms with Gasteiger partial charge in [0.1, 0.15) is 0 Å². The van der Waals surface area contributed by atoms with E-state index < -0.39 is 0 Å². The number of ether oxygens (including phenoxy) is 1. The van der Waals surface area contributed by atoms with Crippen LogP contribution in [0.1, 0.15) is 25.7 Å². The SMILES string of the molecule is COc1c(Cl)ncn(CCC2CCCCN2C)c1=O. The molecule has 1 aromatic rings. The maximum atomic E-state index is 12.1. The third kappa shape index (κ3) is 3.28. The van der Waals surface area contributed by atoms with Crippen LogP contribution in [0, 0.1) is 0 Å². The minimum Gasteiger partial charge on any atom is -0.489 e. The first-order valence-electron chi connectivity index (χ1n) is 6.62. The molecule has 19 heavy (non-hydrogen) atoms. The maximum Gasteiger partial charge on any atom is 0.297 e. The summed E-state index contributed by atoms with van der Waals surface area (Å²) in [6, 6.07) is 0.544. The van der Waals surface area contributed by atoms with Gasteiger partial charge in [-0.15, -0.1) is 0 Å². The second-order valence-electron chi connectivity index (χ2n) is 4.99. The summed E-state index contributed by atoms with van der Waals surface area (Å²) in [6.45, 7) is 1.79. The highest BCUT2D eigenvalue weighted by molar-refractivity contribution is 6.30. The van der Waals surface area contributed by atoms with Crippen molar-refractivity contribution in [2.45, 2.75) is 38.3 Å². The number of rotatable bonds is 4. The van der Waals surface area contributed by atoms with Gasteiger partial charge in [0.25, 0.3) is 5.56 Å². The van der Waals surface area contributed by atoms with Crippen LogP contribution in [0.2, 0.25) is 5.15 Å². The second kappa shape index (κ2) is 6.39. The van der Waals surface area contributed by atoms with Crippen molar-refractivity contribution in [1.82, 2.24) is 14.5 Å². The Labute approximate surface area is 118 Å². The monoisotopic (exact) mass is 285 g/mol. The topological polar surface area (TPSA) is 47.4 Å². The van der Waals surface area contributed by atoms with Crippen LogP contribution in [0.15, 0.2) is 11.1 Å². The van der Waals surface area contributed by atoms with Gasteiger partial charge in [-0.1, -0.05) is 18.0 Å². The highest BCUT2D eigenvalue weighted by Crippen LogP contribution is 2.19. The van der Waals surface area contributed by atoms with Crippen molar-refractivity contribution in [2.75, 3.05) is 20.7 Å².